The highest BCUT2D eigenvalue weighted by Gasteiger charge is 2.21. The van der Waals surface area contributed by atoms with Gasteiger partial charge in [-0.1, -0.05) is 18.2 Å². The number of aryl methyl sites for hydroxylation is 1. The molecule has 3 aromatic rings. The Kier molecular flexibility index (Phi) is 7.06. The molecular formula is C26H28FN5O2. The number of carbonyl (C=O) groups excluding carboxylic acids is 2. The molecule has 34 heavy (non-hydrogen) atoms. The Balaban J connectivity index is 1.34. The smallest absolute Gasteiger partial charge is 0.323 e. The number of hydrogen-bond donors (Lipinski definition) is 2. The molecular weight excluding hydrogens is 433 g/mol. The third-order valence-electron chi connectivity index (χ3n) is 6.04. The third-order valence-corrected chi connectivity index (χ3v) is 6.04. The number of halogens is 1. The first kappa shape index (κ1) is 23.2. The van der Waals surface area contributed by atoms with Crippen molar-refractivity contribution in [3.05, 3.63) is 83.3 Å². The molecule has 1 aliphatic rings. The summed E-state index contributed by atoms with van der Waals surface area (Å²) >= 11 is 0. The van der Waals surface area contributed by atoms with Crippen LogP contribution in [0.25, 0.3) is 0 Å². The molecule has 0 spiro atoms. The van der Waals surface area contributed by atoms with Gasteiger partial charge in [-0.05, 0) is 67.8 Å². The van der Waals surface area contributed by atoms with Crippen molar-refractivity contribution >= 4 is 29.1 Å². The number of urea groups is 1. The largest absolute Gasteiger partial charge is 0.355 e. The number of hydrogen-bond acceptors (Lipinski definition) is 4. The van der Waals surface area contributed by atoms with Gasteiger partial charge in [0.15, 0.2) is 0 Å². The fraction of sp³-hybridized carbons (Fsp3) is 0.269. The molecule has 2 heterocycles. The maximum absolute atomic E-state index is 13.5. The molecule has 1 aliphatic heterocycles. The number of nitrogens with one attached hydrogen (secondary N) is 2. The first-order chi connectivity index (χ1) is 16.4. The normalized spacial score (nSPS) is 13.9. The van der Waals surface area contributed by atoms with E-state index in [9.17, 15) is 14.0 Å². The number of carbonyl (C=O) groups is 2. The van der Waals surface area contributed by atoms with Gasteiger partial charge in [-0.25, -0.2) is 14.2 Å². The SMILES string of the molecule is Cc1cccc(NC(=O)Nc2ccc(N3CCCN(C(=O)c4cccc(F)c4)CC3)nc2)c1C. The Hall–Kier alpha value is -3.94. The molecule has 0 aliphatic carbocycles. The minimum Gasteiger partial charge on any atom is -0.355 e. The van der Waals surface area contributed by atoms with Crippen molar-refractivity contribution < 1.29 is 14.0 Å². The number of pyridine rings is 1. The third kappa shape index (κ3) is 5.51. The second-order valence-electron chi connectivity index (χ2n) is 8.37. The van der Waals surface area contributed by atoms with Crippen LogP contribution >= 0.6 is 0 Å². The van der Waals surface area contributed by atoms with Crippen LogP contribution in [0.5, 0.6) is 0 Å². The van der Waals surface area contributed by atoms with Gasteiger partial charge in [0, 0.05) is 37.4 Å². The summed E-state index contributed by atoms with van der Waals surface area (Å²) in [6.45, 7) is 6.46. The summed E-state index contributed by atoms with van der Waals surface area (Å²) in [5, 5.41) is 5.68. The standard InChI is InChI=1S/C26H28FN5O2/c1-18-6-3-9-23(19(18)2)30-26(34)29-22-10-11-24(28-17-22)31-12-5-13-32(15-14-31)25(33)20-7-4-8-21(27)16-20/h3-4,6-11,16-17H,5,12-15H2,1-2H3,(H2,29,30,34). The number of rotatable bonds is 4. The van der Waals surface area contributed by atoms with E-state index in [2.05, 4.69) is 20.5 Å². The predicted molar refractivity (Wildman–Crippen MR) is 132 cm³/mol. The van der Waals surface area contributed by atoms with Crippen molar-refractivity contribution in [1.29, 1.82) is 0 Å². The lowest BCUT2D eigenvalue weighted by Gasteiger charge is -2.23. The van der Waals surface area contributed by atoms with E-state index in [4.69, 9.17) is 0 Å². The molecule has 3 amide bonds. The summed E-state index contributed by atoms with van der Waals surface area (Å²) in [4.78, 5) is 33.5. The molecule has 1 aromatic heterocycles. The zero-order valence-electron chi connectivity index (χ0n) is 19.3. The van der Waals surface area contributed by atoms with Crippen LogP contribution in [0.15, 0.2) is 60.8 Å². The van der Waals surface area contributed by atoms with E-state index in [1.54, 1.807) is 23.2 Å². The van der Waals surface area contributed by atoms with Crippen LogP contribution in [-0.2, 0) is 0 Å². The van der Waals surface area contributed by atoms with E-state index in [0.29, 0.717) is 30.9 Å². The molecule has 176 valence electrons. The van der Waals surface area contributed by atoms with Crippen LogP contribution in [0.3, 0.4) is 0 Å². The second-order valence-corrected chi connectivity index (χ2v) is 8.37. The summed E-state index contributed by atoms with van der Waals surface area (Å²) in [6.07, 6.45) is 2.40. The monoisotopic (exact) mass is 461 g/mol. The van der Waals surface area contributed by atoms with Gasteiger partial charge in [0.25, 0.3) is 5.91 Å². The van der Waals surface area contributed by atoms with Gasteiger partial charge in [0.05, 0.1) is 11.9 Å². The lowest BCUT2D eigenvalue weighted by molar-refractivity contribution is 0.0766. The van der Waals surface area contributed by atoms with Gasteiger partial charge in [0.1, 0.15) is 11.6 Å². The van der Waals surface area contributed by atoms with Crippen molar-refractivity contribution in [1.82, 2.24) is 9.88 Å². The molecule has 0 unspecified atom stereocenters. The van der Waals surface area contributed by atoms with E-state index in [1.807, 2.05) is 44.2 Å². The maximum atomic E-state index is 13.5. The Morgan fingerprint density at radius 1 is 0.941 bits per heavy atom. The summed E-state index contributed by atoms with van der Waals surface area (Å²) in [6, 6.07) is 14.9. The van der Waals surface area contributed by atoms with E-state index in [1.165, 1.54) is 12.1 Å². The first-order valence-corrected chi connectivity index (χ1v) is 11.3. The minimum atomic E-state index is -0.414. The average molecular weight is 462 g/mol. The number of anilines is 3. The molecule has 0 radical (unpaired) electrons. The highest BCUT2D eigenvalue weighted by atomic mass is 19.1. The van der Waals surface area contributed by atoms with Gasteiger partial charge in [-0.2, -0.15) is 0 Å². The molecule has 8 heteroatoms. The zero-order valence-corrected chi connectivity index (χ0v) is 19.3. The lowest BCUT2D eigenvalue weighted by Crippen LogP contribution is -2.35. The summed E-state index contributed by atoms with van der Waals surface area (Å²) in [7, 11) is 0. The number of aromatic nitrogens is 1. The molecule has 4 rings (SSSR count). The number of amides is 3. The van der Waals surface area contributed by atoms with Crippen LogP contribution in [-0.4, -0.2) is 48.0 Å². The van der Waals surface area contributed by atoms with Crippen molar-refractivity contribution in [3.8, 4) is 0 Å². The van der Waals surface area contributed by atoms with E-state index in [0.717, 1.165) is 35.6 Å². The Labute approximate surface area is 198 Å². The van der Waals surface area contributed by atoms with Crippen LogP contribution < -0.4 is 15.5 Å². The van der Waals surface area contributed by atoms with Gasteiger partial charge < -0.3 is 20.4 Å². The van der Waals surface area contributed by atoms with Crippen LogP contribution in [0.1, 0.15) is 27.9 Å². The van der Waals surface area contributed by atoms with Crippen molar-refractivity contribution in [2.45, 2.75) is 20.3 Å². The number of benzene rings is 2. The molecule has 2 N–H and O–H groups in total. The fourth-order valence-corrected chi connectivity index (χ4v) is 3.97. The molecule has 1 fully saturated rings. The topological polar surface area (TPSA) is 77.6 Å². The number of nitrogens with zero attached hydrogens (tertiary/aromatic N) is 3. The van der Waals surface area contributed by atoms with E-state index < -0.39 is 5.82 Å². The minimum absolute atomic E-state index is 0.163. The van der Waals surface area contributed by atoms with Gasteiger partial charge in [-0.3, -0.25) is 4.79 Å². The lowest BCUT2D eigenvalue weighted by atomic mass is 10.1. The highest BCUT2D eigenvalue weighted by Crippen LogP contribution is 2.20. The van der Waals surface area contributed by atoms with Crippen LogP contribution in [0.4, 0.5) is 26.4 Å². The first-order valence-electron chi connectivity index (χ1n) is 11.3. The molecule has 0 bridgehead atoms. The Morgan fingerprint density at radius 2 is 1.76 bits per heavy atom. The highest BCUT2D eigenvalue weighted by molar-refractivity contribution is 6.00. The summed E-state index contributed by atoms with van der Waals surface area (Å²) in [5.41, 5.74) is 3.85. The van der Waals surface area contributed by atoms with Crippen molar-refractivity contribution in [2.24, 2.45) is 0 Å². The molecule has 1 saturated heterocycles. The van der Waals surface area contributed by atoms with Crippen LogP contribution in [0.2, 0.25) is 0 Å². The zero-order chi connectivity index (χ0) is 24.1. The Morgan fingerprint density at radius 3 is 2.53 bits per heavy atom. The summed E-state index contributed by atoms with van der Waals surface area (Å²) in [5.74, 6) is 0.201. The average Bonchev–Trinajstić information content (AvgIpc) is 3.08. The fourth-order valence-electron chi connectivity index (χ4n) is 3.97. The molecule has 2 aromatic carbocycles. The van der Waals surface area contributed by atoms with Crippen molar-refractivity contribution in [2.75, 3.05) is 41.7 Å². The van der Waals surface area contributed by atoms with E-state index >= 15 is 0 Å². The molecule has 0 atom stereocenters. The molecule has 0 saturated carbocycles. The van der Waals surface area contributed by atoms with Gasteiger partial charge in [0.2, 0.25) is 0 Å². The second kappa shape index (κ2) is 10.3. The van der Waals surface area contributed by atoms with Gasteiger partial charge in [-0.15, -0.1) is 0 Å². The van der Waals surface area contributed by atoms with Crippen LogP contribution in [0, 0.1) is 19.7 Å². The Bertz CT molecular complexity index is 1180. The predicted octanol–water partition coefficient (Wildman–Crippen LogP) is 4.83. The maximum Gasteiger partial charge on any atom is 0.323 e. The van der Waals surface area contributed by atoms with Gasteiger partial charge >= 0.3 is 6.03 Å². The molecule has 7 nitrogen and oxygen atoms in total. The van der Waals surface area contributed by atoms with Crippen molar-refractivity contribution in [3.63, 3.8) is 0 Å². The quantitative estimate of drug-likeness (QED) is 0.583. The van der Waals surface area contributed by atoms with E-state index in [-0.39, 0.29) is 11.9 Å². The summed E-state index contributed by atoms with van der Waals surface area (Å²) < 4.78 is 13.5.